The molecule has 0 aromatic carbocycles. The molecule has 0 fully saturated rings. The summed E-state index contributed by atoms with van der Waals surface area (Å²) in [4.78, 5) is 18.7. The van der Waals surface area contributed by atoms with E-state index in [0.717, 1.165) is 5.65 Å². The summed E-state index contributed by atoms with van der Waals surface area (Å²) in [5, 5.41) is 0. The van der Waals surface area contributed by atoms with Crippen molar-refractivity contribution in [3.63, 3.8) is 0 Å². The van der Waals surface area contributed by atoms with Crippen LogP contribution in [0.25, 0.3) is 11.2 Å². The molecule has 2 aromatic heterocycles. The van der Waals surface area contributed by atoms with E-state index in [1.807, 2.05) is 27.9 Å². The predicted octanol–water partition coefficient (Wildman–Crippen LogP) is 0.693. The van der Waals surface area contributed by atoms with Gasteiger partial charge in [-0.25, -0.2) is 4.98 Å². The number of rotatable bonds is 0. The molecular weight excluding hydrogens is 180 g/mol. The molecule has 0 aliphatic carbocycles. The molecule has 5 nitrogen and oxygen atoms in total. The van der Waals surface area contributed by atoms with Gasteiger partial charge in [0.1, 0.15) is 12.0 Å². The highest BCUT2D eigenvalue weighted by Gasteiger charge is 2.05. The van der Waals surface area contributed by atoms with Gasteiger partial charge in [0.15, 0.2) is 5.52 Å². The third-order valence-corrected chi connectivity index (χ3v) is 1.79. The fraction of sp³-hybridized carbons (Fsp3) is 0.444. The summed E-state index contributed by atoms with van der Waals surface area (Å²) in [5.74, 6) is 0. The van der Waals surface area contributed by atoms with Crippen molar-refractivity contribution in [1.82, 2.24) is 19.1 Å². The summed E-state index contributed by atoms with van der Waals surface area (Å²) in [7, 11) is 3.67. The van der Waals surface area contributed by atoms with Crippen molar-refractivity contribution in [2.45, 2.75) is 13.8 Å². The van der Waals surface area contributed by atoms with Crippen molar-refractivity contribution >= 4 is 11.2 Å². The van der Waals surface area contributed by atoms with Crippen molar-refractivity contribution in [2.75, 3.05) is 0 Å². The first-order valence-electron chi connectivity index (χ1n) is 4.53. The molecule has 2 aromatic rings. The molecule has 0 radical (unpaired) electrons. The number of hydrogen-bond acceptors (Lipinski definition) is 3. The standard InChI is InChI=1S/C7H8N4O.C2H6/c1-10-3-8-5-6(12)9-4-11(2)7(5)10;1-2/h3-4H,1-2H3;1-2H3. The normalized spacial score (nSPS) is 9.71. The zero-order valence-corrected chi connectivity index (χ0v) is 8.85. The van der Waals surface area contributed by atoms with Crippen LogP contribution in [0.4, 0.5) is 0 Å². The van der Waals surface area contributed by atoms with Crippen molar-refractivity contribution in [2.24, 2.45) is 14.1 Å². The average Bonchev–Trinajstić information content (AvgIpc) is 2.59. The monoisotopic (exact) mass is 194 g/mol. The van der Waals surface area contributed by atoms with Crippen LogP contribution in [0.3, 0.4) is 0 Å². The summed E-state index contributed by atoms with van der Waals surface area (Å²) in [6.45, 7) is 4.00. The van der Waals surface area contributed by atoms with E-state index in [0.29, 0.717) is 5.52 Å². The summed E-state index contributed by atoms with van der Waals surface area (Å²) >= 11 is 0. The smallest absolute Gasteiger partial charge is 0.300 e. The number of aryl methyl sites for hydroxylation is 2. The molecule has 76 valence electrons. The van der Waals surface area contributed by atoms with Crippen molar-refractivity contribution in [3.8, 4) is 0 Å². The lowest BCUT2D eigenvalue weighted by Crippen LogP contribution is -2.11. The molecule has 0 atom stereocenters. The number of nitrogens with zero attached hydrogens (tertiary/aromatic N) is 4. The lowest BCUT2D eigenvalue weighted by Gasteiger charge is -1.99. The molecule has 0 saturated carbocycles. The van der Waals surface area contributed by atoms with Crippen LogP contribution in [0.1, 0.15) is 13.8 Å². The Morgan fingerprint density at radius 3 is 2.07 bits per heavy atom. The Kier molecular flexibility index (Phi) is 3.01. The summed E-state index contributed by atoms with van der Waals surface area (Å²) in [5.41, 5.74) is 0.932. The zero-order valence-electron chi connectivity index (χ0n) is 8.85. The minimum absolute atomic E-state index is 0.274. The summed E-state index contributed by atoms with van der Waals surface area (Å²) in [6, 6.07) is 0. The lowest BCUT2D eigenvalue weighted by molar-refractivity contribution is 0.830. The Balaban J connectivity index is 0.000000461. The number of hydrogen-bond donors (Lipinski definition) is 0. The molecule has 0 N–H and O–H groups in total. The number of fused-ring (bicyclic) bond motifs is 1. The van der Waals surface area contributed by atoms with Gasteiger partial charge in [0, 0.05) is 14.1 Å². The second-order valence-corrected chi connectivity index (χ2v) is 2.69. The first kappa shape index (κ1) is 10.4. The molecule has 5 heteroatoms. The van der Waals surface area contributed by atoms with Gasteiger partial charge in [-0.15, -0.1) is 0 Å². The summed E-state index contributed by atoms with van der Waals surface area (Å²) < 4.78 is 3.56. The molecule has 0 saturated heterocycles. The van der Waals surface area contributed by atoms with Gasteiger partial charge < -0.3 is 9.13 Å². The highest BCUT2D eigenvalue weighted by molar-refractivity contribution is 5.69. The topological polar surface area (TPSA) is 52.7 Å². The van der Waals surface area contributed by atoms with E-state index in [1.165, 1.54) is 6.33 Å². The minimum Gasteiger partial charge on any atom is -0.320 e. The van der Waals surface area contributed by atoms with E-state index in [2.05, 4.69) is 9.97 Å². The maximum Gasteiger partial charge on any atom is 0.300 e. The van der Waals surface area contributed by atoms with Crippen LogP contribution in [-0.2, 0) is 14.1 Å². The average molecular weight is 194 g/mol. The maximum absolute atomic E-state index is 11.1. The molecular formula is C9H14N4O. The molecule has 0 amide bonds. The van der Waals surface area contributed by atoms with E-state index in [4.69, 9.17) is 0 Å². The van der Waals surface area contributed by atoms with Crippen molar-refractivity contribution < 1.29 is 0 Å². The van der Waals surface area contributed by atoms with E-state index in [-0.39, 0.29) is 5.56 Å². The van der Waals surface area contributed by atoms with Crippen LogP contribution in [0, 0.1) is 0 Å². The second kappa shape index (κ2) is 4.04. The Morgan fingerprint density at radius 2 is 1.57 bits per heavy atom. The quantitative estimate of drug-likeness (QED) is 0.620. The van der Waals surface area contributed by atoms with E-state index in [9.17, 15) is 4.79 Å². The molecule has 0 aliphatic heterocycles. The molecule has 0 aliphatic rings. The predicted molar refractivity (Wildman–Crippen MR) is 55.1 cm³/mol. The first-order chi connectivity index (χ1) is 6.70. The second-order valence-electron chi connectivity index (χ2n) is 2.69. The van der Waals surface area contributed by atoms with Crippen LogP contribution in [0.5, 0.6) is 0 Å². The number of aromatic nitrogens is 4. The van der Waals surface area contributed by atoms with Crippen LogP contribution in [-0.4, -0.2) is 19.1 Å². The Morgan fingerprint density at radius 1 is 1.07 bits per heavy atom. The van der Waals surface area contributed by atoms with Gasteiger partial charge in [0.25, 0.3) is 0 Å². The van der Waals surface area contributed by atoms with E-state index in [1.54, 1.807) is 15.5 Å². The van der Waals surface area contributed by atoms with Crippen LogP contribution in [0.2, 0.25) is 0 Å². The first-order valence-corrected chi connectivity index (χ1v) is 4.53. The van der Waals surface area contributed by atoms with Gasteiger partial charge in [-0.3, -0.25) is 4.79 Å². The molecule has 0 bridgehead atoms. The molecule has 0 spiro atoms. The molecule has 2 rings (SSSR count). The van der Waals surface area contributed by atoms with Gasteiger partial charge in [0.05, 0.1) is 6.33 Å². The van der Waals surface area contributed by atoms with Gasteiger partial charge in [-0.2, -0.15) is 4.98 Å². The van der Waals surface area contributed by atoms with E-state index >= 15 is 0 Å². The molecule has 14 heavy (non-hydrogen) atoms. The highest BCUT2D eigenvalue weighted by Crippen LogP contribution is 2.03. The van der Waals surface area contributed by atoms with Gasteiger partial charge >= 0.3 is 5.56 Å². The SMILES string of the molecule is CC.Cn1cnc(=O)c2ncn(C)c21. The zero-order chi connectivity index (χ0) is 10.7. The fourth-order valence-electron chi connectivity index (χ4n) is 1.25. The van der Waals surface area contributed by atoms with Gasteiger partial charge in [-0.05, 0) is 0 Å². The van der Waals surface area contributed by atoms with Crippen molar-refractivity contribution in [1.29, 1.82) is 0 Å². The maximum atomic E-state index is 11.1. The lowest BCUT2D eigenvalue weighted by atomic mass is 10.5. The fourth-order valence-corrected chi connectivity index (χ4v) is 1.25. The summed E-state index contributed by atoms with van der Waals surface area (Å²) in [6.07, 6.45) is 3.10. The third kappa shape index (κ3) is 1.53. The van der Waals surface area contributed by atoms with Crippen molar-refractivity contribution in [3.05, 3.63) is 23.0 Å². The third-order valence-electron chi connectivity index (χ3n) is 1.79. The molecule has 0 unspecified atom stereocenters. The van der Waals surface area contributed by atoms with Crippen LogP contribution < -0.4 is 5.56 Å². The molecule has 2 heterocycles. The highest BCUT2D eigenvalue weighted by atomic mass is 16.1. The largest absolute Gasteiger partial charge is 0.320 e. The Labute approximate surface area is 82.0 Å². The number of imidazole rings is 1. The van der Waals surface area contributed by atoms with Gasteiger partial charge in [0.2, 0.25) is 0 Å². The van der Waals surface area contributed by atoms with Crippen LogP contribution in [0.15, 0.2) is 17.4 Å². The van der Waals surface area contributed by atoms with E-state index < -0.39 is 0 Å². The van der Waals surface area contributed by atoms with Crippen LogP contribution >= 0.6 is 0 Å². The Bertz CT molecular complexity index is 483. The van der Waals surface area contributed by atoms with Gasteiger partial charge in [-0.1, -0.05) is 13.8 Å². The Hall–Kier alpha value is -1.65. The minimum atomic E-state index is -0.274.